The van der Waals surface area contributed by atoms with Crippen LogP contribution >= 0.6 is 33.3 Å². The third-order valence-electron chi connectivity index (χ3n) is 16.3. The highest BCUT2D eigenvalue weighted by Crippen LogP contribution is 2.22. The SMILES string of the molecule is CC(C)C[C@H](N)C(=O)O.CC(C)[C@H](N)C(=O)O.CC[C@H](C)[C@H](N)C(=O)O.CSCC[C@H](N)C(=O)O.C[C@@H](O)[C@H](N)C(=O)O.C[C@H](N)C(=O)O.N.NC(N)=NCCC[C@H](N)C(=O)O.NCC(=O)O.NCCCC[C@H](N)C(=O)O.N[C@@H](CCC(=O)O)C(=O)O.N[C@@H](CO)C(=O)O.N[C@@H](CSSC[C@H](N)C(=O)O)C(=O)O.N[C@@H](Cc1c[nH]c2ccccc12)C(=O)O.N[C@@H](Cc1cnc[nH]1)C(=O)O.O=C(O)[C@@H]1CCCN1. The Balaban J connectivity index is -0.000000128. The van der Waals surface area contributed by atoms with Gasteiger partial charge in [0.1, 0.15) is 90.6 Å². The van der Waals surface area contributed by atoms with E-state index in [9.17, 15) is 81.5 Å². The molecule has 0 spiro atoms. The number of benzene rings is 1. The molecular formula is C79H158N24O36S3. The number of para-hydroxylation sites is 1. The van der Waals surface area contributed by atoms with Crippen molar-refractivity contribution >= 4 is 152 Å². The van der Waals surface area contributed by atoms with E-state index >= 15 is 0 Å². The summed E-state index contributed by atoms with van der Waals surface area (Å²) in [4.78, 5) is 184. The van der Waals surface area contributed by atoms with Gasteiger partial charge in [0.15, 0.2) is 5.96 Å². The Morgan fingerprint density at radius 3 is 1.13 bits per heavy atom. The Bertz CT molecular complexity index is 3900. The van der Waals surface area contributed by atoms with Crippen LogP contribution in [0.1, 0.15) is 144 Å². The summed E-state index contributed by atoms with van der Waals surface area (Å²) in [5.74, 6) is -15.2. The fraction of sp³-hybridized carbons (Fsp3) is 0.633. The lowest BCUT2D eigenvalue weighted by Gasteiger charge is -2.11. The molecule has 1 aliphatic heterocycles. The monoisotopic (exact) mass is 2120 g/mol. The van der Waals surface area contributed by atoms with Gasteiger partial charge < -0.3 is 222 Å². The highest BCUT2D eigenvalue weighted by Gasteiger charge is 2.23. The number of carboxylic acid groups (broad SMARTS) is 17. The number of nitrogens with two attached hydrogens (primary N) is 18. The maximum Gasteiger partial charge on any atom is 0.323 e. The van der Waals surface area contributed by atoms with Crippen molar-refractivity contribution in [3.63, 3.8) is 0 Å². The molecule has 17 atom stereocenters. The van der Waals surface area contributed by atoms with E-state index in [0.717, 1.165) is 66.6 Å². The minimum absolute atomic E-state index is 0. The van der Waals surface area contributed by atoms with E-state index in [0.29, 0.717) is 57.5 Å². The van der Waals surface area contributed by atoms with Gasteiger partial charge in [-0.15, -0.1) is 0 Å². The number of rotatable bonds is 46. The van der Waals surface area contributed by atoms with Crippen LogP contribution in [0.15, 0.2) is 48.0 Å². The topological polar surface area (TPSA) is 1250 Å². The Labute approximate surface area is 831 Å². The second-order valence-corrected chi connectivity index (χ2v) is 33.3. The second kappa shape index (κ2) is 96.9. The first-order chi connectivity index (χ1) is 64.9. The van der Waals surface area contributed by atoms with Crippen LogP contribution in [0.4, 0.5) is 0 Å². The lowest BCUT2D eigenvalue weighted by Crippen LogP contribution is -2.39. The molecule has 0 saturated carbocycles. The van der Waals surface area contributed by atoms with E-state index < -0.39 is 199 Å². The number of unbranched alkanes of at least 4 members (excludes halogenated alkanes) is 1. The summed E-state index contributed by atoms with van der Waals surface area (Å²) in [7, 11) is 2.41. The molecule has 4 rings (SSSR count). The van der Waals surface area contributed by atoms with Crippen LogP contribution in [-0.2, 0) is 94.3 Å². The van der Waals surface area contributed by atoms with E-state index in [1.165, 1.54) is 41.8 Å². The number of aromatic nitrogens is 3. The van der Waals surface area contributed by atoms with Gasteiger partial charge in [-0.05, 0) is 126 Å². The van der Waals surface area contributed by atoms with E-state index in [1.807, 2.05) is 64.4 Å². The molecule has 3 heterocycles. The third kappa shape index (κ3) is 106. The molecular weight excluding hydrogens is 1960 g/mol. The standard InChI is InChI=1S/C11H12N2O2.C6H14N4O2.C6H9N3O2.C6H12N2O4S2.C6H14N2O2.2C6H13NO2.C5H9NO4.C5H11NO2S.C5H9NO2.C5H11NO2.C4H9NO3.C3H7NO3.C3H7NO2.C2H5NO2.H3N/c12-9(11(14)15)5-7-6-13-10-4-2-1-3-8(7)10;7-4(5(11)12)2-1-3-10-6(8)9;7-5(6(10)11)1-4-2-8-3-9-4;7-3(5(9)10)1-13-14-2-4(8)6(11)12;7-4-2-1-3-5(8)6(9)10;1-4(2)3-5(7)6(8)9;1-3-4(2)5(7)6(8)9;6-3(5(9)10)1-2-4(7)8;1-9-3-2-4(6)5(7)8;7-5(8)4-2-1-3-6-4;1-3(2)4(6)5(7)8;1-2(6)3(5)4(7)8;4-2(1-5)3(6)7;1-2(4)3(5)6;3-1-2(4)5;/h1-4,6,9,13H,5,12H2,(H,14,15);4H,1-3,7H2,(H,11,12)(H4,8,9,10);2-3,5H,1,7H2,(H,8,9)(H,10,11);3-4H,1-2,7-8H2,(H,9,10)(H,11,12);5H,1-4,7-8H2,(H,9,10);2*4-5H,3,7H2,1-2H3,(H,8,9);3H,1-2,6H2,(H,7,8)(H,9,10);4H,2-3,6H2,1H3,(H,7,8);4,6H,1-3H2,(H,7,8);3-4H,6H2,1-2H3,(H,7,8);2-3,6H,5H2,1H3,(H,7,8);2,5H,1,4H2,(H,6,7);2H,4H2,1H3,(H,5,6);1,3H2,(H,4,5);1H3/t9-;4-;5-;3-,4-;2*5-;4-,5-;3-;3*4-;2-,3+;2*2-;;/m00000000000100../s1. The van der Waals surface area contributed by atoms with Gasteiger partial charge in [0.25, 0.3) is 0 Å². The average Bonchev–Trinajstić information content (AvgIpc) is 1.69. The molecule has 2 aromatic heterocycles. The van der Waals surface area contributed by atoms with Gasteiger partial charge in [-0.2, -0.15) is 11.8 Å². The minimum Gasteiger partial charge on any atom is -0.481 e. The summed E-state index contributed by atoms with van der Waals surface area (Å²) in [6, 6.07) is -4.45. The Hall–Kier alpha value is -11.5. The van der Waals surface area contributed by atoms with Crippen molar-refractivity contribution < 1.29 is 179 Å². The molecule has 0 bridgehead atoms. The number of nitrogens with one attached hydrogen (secondary N) is 3. The molecule has 1 aliphatic rings. The number of aromatic amines is 2. The van der Waals surface area contributed by atoms with Crippen molar-refractivity contribution in [3.05, 3.63) is 54.2 Å². The number of fused-ring (bicyclic) bond motifs is 1. The van der Waals surface area contributed by atoms with Crippen LogP contribution < -0.4 is 115 Å². The molecule has 828 valence electrons. The number of H-pyrrole nitrogens is 2. The third-order valence-corrected chi connectivity index (χ3v) is 19.4. The average molecular weight is 2120 g/mol. The summed E-state index contributed by atoms with van der Waals surface area (Å²) in [6.45, 7) is 15.1. The van der Waals surface area contributed by atoms with Crippen LogP contribution in [0.25, 0.3) is 10.9 Å². The normalized spacial score (nSPS) is 14.2. The molecule has 0 radical (unpaired) electrons. The first-order valence-corrected chi connectivity index (χ1v) is 46.0. The number of nitrogens with zero attached hydrogens (tertiary/aromatic N) is 2. The van der Waals surface area contributed by atoms with Gasteiger partial charge in [0.05, 0.1) is 25.6 Å². The smallest absolute Gasteiger partial charge is 0.323 e. The summed E-state index contributed by atoms with van der Waals surface area (Å²) < 4.78 is 0. The van der Waals surface area contributed by atoms with Gasteiger partial charge in [0.2, 0.25) is 0 Å². The second-order valence-electron chi connectivity index (χ2n) is 29.8. The molecule has 1 saturated heterocycles. The molecule has 1 aromatic carbocycles. The van der Waals surface area contributed by atoms with Gasteiger partial charge in [-0.25, -0.2) is 4.98 Å². The number of carbonyl (C=O) groups is 17. The van der Waals surface area contributed by atoms with Crippen molar-refractivity contribution in [1.29, 1.82) is 0 Å². The number of carboxylic acids is 17. The van der Waals surface area contributed by atoms with Crippen LogP contribution in [0.5, 0.6) is 0 Å². The van der Waals surface area contributed by atoms with Crippen LogP contribution in [0.3, 0.4) is 0 Å². The van der Waals surface area contributed by atoms with Gasteiger partial charge >= 0.3 is 101 Å². The minimum atomic E-state index is -1.18. The molecule has 142 heavy (non-hydrogen) atoms. The number of aliphatic imine (C=N–C) groups is 1. The molecule has 0 amide bonds. The number of guanidine groups is 1. The Kier molecular flexibility index (Phi) is 106. The van der Waals surface area contributed by atoms with Gasteiger partial charge in [-0.1, -0.05) is 94.2 Å². The highest BCUT2D eigenvalue weighted by molar-refractivity contribution is 8.76. The molecule has 0 aliphatic carbocycles. The number of hydrogen-bond acceptors (Lipinski definition) is 42. The molecule has 61 N–H and O–H groups in total. The zero-order chi connectivity index (χ0) is 113. The maximum absolute atomic E-state index is 10.6. The van der Waals surface area contributed by atoms with Gasteiger partial charge in [0, 0.05) is 66.3 Å². The predicted molar refractivity (Wildman–Crippen MR) is 529 cm³/mol. The zero-order valence-corrected chi connectivity index (χ0v) is 83.2. The van der Waals surface area contributed by atoms with Crippen molar-refractivity contribution in [3.8, 4) is 0 Å². The molecule has 3 aromatic rings. The van der Waals surface area contributed by atoms with E-state index in [2.05, 4.69) is 31.0 Å². The van der Waals surface area contributed by atoms with Crippen molar-refractivity contribution in [1.82, 2.24) is 26.4 Å². The fourth-order valence-electron chi connectivity index (χ4n) is 7.35. The summed E-state index contributed by atoms with van der Waals surface area (Å²) in [5, 5.41) is 160. The number of hydrogen-bond donors (Lipinski definition) is 41. The fourth-order valence-corrected chi connectivity index (χ4v) is 10.1. The van der Waals surface area contributed by atoms with E-state index in [1.54, 1.807) is 31.8 Å². The predicted octanol–water partition coefficient (Wildman–Crippen LogP) is -6.38. The van der Waals surface area contributed by atoms with Crippen molar-refractivity contribution in [2.45, 2.75) is 242 Å². The lowest BCUT2D eigenvalue weighted by molar-refractivity contribution is -0.141. The van der Waals surface area contributed by atoms with Crippen molar-refractivity contribution in [2.75, 3.05) is 56.3 Å². The van der Waals surface area contributed by atoms with E-state index in [4.69, 9.17) is 194 Å². The van der Waals surface area contributed by atoms with Crippen molar-refractivity contribution in [2.24, 2.45) is 126 Å². The quantitative estimate of drug-likeness (QED) is 0.0108. The number of aliphatic hydroxyl groups excluding tert-OH is 2. The summed E-state index contributed by atoms with van der Waals surface area (Å²) >= 11 is 1.60. The largest absolute Gasteiger partial charge is 0.481 e. The molecule has 63 heteroatoms. The number of aliphatic hydroxyl groups is 2. The number of aliphatic carboxylic acids is 17. The highest BCUT2D eigenvalue weighted by atomic mass is 33.1. The summed E-state index contributed by atoms with van der Waals surface area (Å²) in [6.07, 6.45) is 13.0. The zero-order valence-electron chi connectivity index (χ0n) is 80.7. The van der Waals surface area contributed by atoms with Crippen LogP contribution in [-0.4, -0.2) is 372 Å². The van der Waals surface area contributed by atoms with E-state index in [-0.39, 0.29) is 67.3 Å². The molecule has 60 nitrogen and oxygen atoms in total. The van der Waals surface area contributed by atoms with Gasteiger partial charge in [-0.3, -0.25) is 86.5 Å². The van der Waals surface area contributed by atoms with Crippen LogP contribution in [0.2, 0.25) is 0 Å². The number of imidazole rings is 1. The number of thioether (sulfide) groups is 1. The lowest BCUT2D eigenvalue weighted by atomic mass is 10.0. The Morgan fingerprint density at radius 1 is 0.479 bits per heavy atom. The Morgan fingerprint density at radius 2 is 0.873 bits per heavy atom. The first-order valence-electron chi connectivity index (χ1n) is 42.1. The van der Waals surface area contributed by atoms with Crippen LogP contribution in [0, 0.1) is 17.8 Å². The maximum atomic E-state index is 10.6. The molecule has 1 fully saturated rings. The first kappa shape index (κ1) is 156. The summed E-state index contributed by atoms with van der Waals surface area (Å²) in [5.41, 5.74) is 94.5. The molecule has 0 unspecified atom stereocenters.